The van der Waals surface area contributed by atoms with Gasteiger partial charge in [0.1, 0.15) is 6.61 Å². The third-order valence-corrected chi connectivity index (χ3v) is 7.31. The molecule has 0 saturated heterocycles. The third kappa shape index (κ3) is 3.13. The normalized spacial score (nSPS) is 37.2. The van der Waals surface area contributed by atoms with Gasteiger partial charge in [-0.2, -0.15) is 0 Å². The molecule has 4 aliphatic carbocycles. The summed E-state index contributed by atoms with van der Waals surface area (Å²) in [6, 6.07) is 0. The fraction of sp³-hybridized carbons (Fsp3) is 0.789. The van der Waals surface area contributed by atoms with E-state index in [1.54, 1.807) is 11.3 Å². The maximum absolute atomic E-state index is 12.4. The van der Waals surface area contributed by atoms with Crippen molar-refractivity contribution in [2.24, 2.45) is 17.3 Å². The number of rotatable bonds is 5. The molecule has 4 bridgehead atoms. The fourth-order valence-electron chi connectivity index (χ4n) is 5.77. The standard InChI is InChI=1S/C19H27NO3S/c1-12(2)17-20-15(10-24-17)9-23-16(21)8-18-4-13-3-14(5-18)7-19(22,6-13)11-18/h10,12-14,22H,3-9,11H2,1-2H3/t13-,14-,18?,19?/m1/s1. The van der Waals surface area contributed by atoms with Crippen LogP contribution in [0.2, 0.25) is 0 Å². The van der Waals surface area contributed by atoms with E-state index in [1.165, 1.54) is 6.42 Å². The van der Waals surface area contributed by atoms with Gasteiger partial charge >= 0.3 is 5.97 Å². The number of nitrogens with zero attached hydrogens (tertiary/aromatic N) is 1. The van der Waals surface area contributed by atoms with Crippen LogP contribution in [0.3, 0.4) is 0 Å². The second-order valence-corrected chi connectivity index (χ2v) is 9.74. The Balaban J connectivity index is 1.36. The molecule has 0 spiro atoms. The molecule has 1 aromatic rings. The molecule has 0 aliphatic heterocycles. The molecule has 1 N–H and O–H groups in total. The van der Waals surface area contributed by atoms with E-state index in [0.717, 1.165) is 42.8 Å². The molecule has 1 aromatic heterocycles. The van der Waals surface area contributed by atoms with Crippen LogP contribution in [-0.4, -0.2) is 21.7 Å². The first kappa shape index (κ1) is 16.5. The van der Waals surface area contributed by atoms with Gasteiger partial charge in [-0.1, -0.05) is 13.8 Å². The third-order valence-electron chi connectivity index (χ3n) is 6.12. The second-order valence-electron chi connectivity index (χ2n) is 8.85. The predicted octanol–water partition coefficient (Wildman–Crippen LogP) is 4.03. The lowest BCUT2D eigenvalue weighted by Crippen LogP contribution is -2.56. The number of thiazole rings is 1. The number of aliphatic hydroxyl groups is 1. The number of carbonyl (C=O) groups is 1. The van der Waals surface area contributed by atoms with Gasteiger partial charge in [-0.3, -0.25) is 4.79 Å². The molecule has 24 heavy (non-hydrogen) atoms. The first-order valence-electron chi connectivity index (χ1n) is 9.17. The van der Waals surface area contributed by atoms with Gasteiger partial charge in [0.15, 0.2) is 0 Å². The summed E-state index contributed by atoms with van der Waals surface area (Å²) in [4.78, 5) is 16.9. The van der Waals surface area contributed by atoms with Crippen LogP contribution in [0.1, 0.15) is 75.4 Å². The summed E-state index contributed by atoms with van der Waals surface area (Å²) in [7, 11) is 0. The average molecular weight is 349 g/mol. The van der Waals surface area contributed by atoms with Crippen molar-refractivity contribution in [2.75, 3.05) is 0 Å². The summed E-state index contributed by atoms with van der Waals surface area (Å²) in [6.07, 6.45) is 6.56. The van der Waals surface area contributed by atoms with Crippen molar-refractivity contribution in [3.8, 4) is 0 Å². The number of carbonyl (C=O) groups excluding carboxylic acids is 1. The molecule has 4 saturated carbocycles. The summed E-state index contributed by atoms with van der Waals surface area (Å²) in [5.41, 5.74) is 0.327. The van der Waals surface area contributed by atoms with Gasteiger partial charge in [0.2, 0.25) is 0 Å². The number of aromatic nitrogens is 1. The predicted molar refractivity (Wildman–Crippen MR) is 92.7 cm³/mol. The van der Waals surface area contributed by atoms with Crippen molar-refractivity contribution >= 4 is 17.3 Å². The van der Waals surface area contributed by atoms with Crippen molar-refractivity contribution < 1.29 is 14.6 Å². The Kier molecular flexibility index (Phi) is 4.00. The van der Waals surface area contributed by atoms with Gasteiger partial charge < -0.3 is 9.84 Å². The smallest absolute Gasteiger partial charge is 0.306 e. The van der Waals surface area contributed by atoms with E-state index in [2.05, 4.69) is 18.8 Å². The van der Waals surface area contributed by atoms with E-state index in [-0.39, 0.29) is 18.0 Å². The number of ether oxygens (including phenoxy) is 1. The summed E-state index contributed by atoms with van der Waals surface area (Å²) in [5, 5.41) is 13.9. The van der Waals surface area contributed by atoms with Crippen LogP contribution in [-0.2, 0) is 16.1 Å². The van der Waals surface area contributed by atoms with Gasteiger partial charge in [0.25, 0.3) is 0 Å². The highest BCUT2D eigenvalue weighted by Crippen LogP contribution is 2.62. The summed E-state index contributed by atoms with van der Waals surface area (Å²) < 4.78 is 5.52. The first-order valence-corrected chi connectivity index (χ1v) is 10.1. The highest BCUT2D eigenvalue weighted by Gasteiger charge is 2.57. The molecule has 0 aromatic carbocycles. The highest BCUT2D eigenvalue weighted by atomic mass is 32.1. The molecule has 4 fully saturated rings. The van der Waals surface area contributed by atoms with E-state index in [9.17, 15) is 9.90 Å². The van der Waals surface area contributed by atoms with E-state index in [1.807, 2.05) is 5.38 Å². The Morgan fingerprint density at radius 2 is 2.08 bits per heavy atom. The zero-order chi connectivity index (χ0) is 16.9. The average Bonchev–Trinajstić information content (AvgIpc) is 2.91. The minimum Gasteiger partial charge on any atom is -0.459 e. The Bertz CT molecular complexity index is 624. The molecule has 1 heterocycles. The van der Waals surface area contributed by atoms with Crippen molar-refractivity contribution in [3.63, 3.8) is 0 Å². The minimum atomic E-state index is -0.508. The van der Waals surface area contributed by atoms with E-state index in [0.29, 0.717) is 24.2 Å². The number of hydrogen-bond acceptors (Lipinski definition) is 5. The quantitative estimate of drug-likeness (QED) is 0.815. The van der Waals surface area contributed by atoms with E-state index < -0.39 is 5.60 Å². The first-order chi connectivity index (χ1) is 11.3. The summed E-state index contributed by atoms with van der Waals surface area (Å²) >= 11 is 1.63. The molecular formula is C19H27NO3S. The molecule has 5 heteroatoms. The molecule has 2 atom stereocenters. The lowest BCUT2D eigenvalue weighted by molar-refractivity contribution is -0.177. The highest BCUT2D eigenvalue weighted by molar-refractivity contribution is 7.09. The van der Waals surface area contributed by atoms with Crippen molar-refractivity contribution in [1.82, 2.24) is 4.98 Å². The minimum absolute atomic E-state index is 0.0128. The second kappa shape index (κ2) is 5.80. The molecule has 5 rings (SSSR count). The Labute approximate surface area is 147 Å². The van der Waals surface area contributed by atoms with Gasteiger partial charge in [0, 0.05) is 11.3 Å². The summed E-state index contributed by atoms with van der Waals surface area (Å²) in [5.74, 6) is 1.50. The number of esters is 1. The van der Waals surface area contributed by atoms with Crippen LogP contribution in [0.15, 0.2) is 5.38 Å². The maximum atomic E-state index is 12.4. The van der Waals surface area contributed by atoms with E-state index in [4.69, 9.17) is 4.74 Å². The van der Waals surface area contributed by atoms with Crippen molar-refractivity contribution in [3.05, 3.63) is 16.1 Å². The van der Waals surface area contributed by atoms with E-state index >= 15 is 0 Å². The molecule has 132 valence electrons. The van der Waals surface area contributed by atoms with Crippen molar-refractivity contribution in [2.45, 2.75) is 76.9 Å². The van der Waals surface area contributed by atoms with Crippen LogP contribution in [0, 0.1) is 17.3 Å². The fourth-order valence-corrected chi connectivity index (χ4v) is 6.59. The Morgan fingerprint density at radius 1 is 1.38 bits per heavy atom. The SMILES string of the molecule is CC(C)c1nc(COC(=O)CC23C[C@H]4C[C@@H](CC(O)(C4)C2)C3)cs1. The molecule has 0 radical (unpaired) electrons. The van der Waals surface area contributed by atoms with Crippen LogP contribution in [0.25, 0.3) is 0 Å². The largest absolute Gasteiger partial charge is 0.459 e. The lowest BCUT2D eigenvalue weighted by atomic mass is 9.47. The monoisotopic (exact) mass is 349 g/mol. The zero-order valence-corrected chi connectivity index (χ0v) is 15.4. The lowest BCUT2D eigenvalue weighted by Gasteiger charge is -2.60. The van der Waals surface area contributed by atoms with Gasteiger partial charge in [-0.15, -0.1) is 11.3 Å². The molecule has 4 nitrogen and oxygen atoms in total. The Morgan fingerprint density at radius 3 is 2.67 bits per heavy atom. The molecular weight excluding hydrogens is 322 g/mol. The Hall–Kier alpha value is -0.940. The summed E-state index contributed by atoms with van der Waals surface area (Å²) in [6.45, 7) is 4.51. The van der Waals surface area contributed by atoms with Crippen LogP contribution >= 0.6 is 11.3 Å². The van der Waals surface area contributed by atoms with Crippen molar-refractivity contribution in [1.29, 1.82) is 0 Å². The molecule has 4 aliphatic rings. The van der Waals surface area contributed by atoms with Gasteiger partial charge in [-0.25, -0.2) is 4.98 Å². The van der Waals surface area contributed by atoms with Crippen LogP contribution in [0.4, 0.5) is 0 Å². The van der Waals surface area contributed by atoms with Gasteiger partial charge in [-0.05, 0) is 55.8 Å². The van der Waals surface area contributed by atoms with Crippen LogP contribution in [0.5, 0.6) is 0 Å². The zero-order valence-electron chi connectivity index (χ0n) is 14.6. The topological polar surface area (TPSA) is 59.4 Å². The van der Waals surface area contributed by atoms with Gasteiger partial charge in [0.05, 0.1) is 22.7 Å². The number of hydrogen-bond donors (Lipinski definition) is 1. The van der Waals surface area contributed by atoms with Crippen LogP contribution < -0.4 is 0 Å². The molecule has 0 amide bonds. The molecule has 0 unspecified atom stereocenters. The maximum Gasteiger partial charge on any atom is 0.306 e.